The highest BCUT2D eigenvalue weighted by atomic mass is 32.2. The van der Waals surface area contributed by atoms with E-state index in [9.17, 15) is 18.4 Å². The van der Waals surface area contributed by atoms with Crippen molar-refractivity contribution in [3.8, 4) is 0 Å². The van der Waals surface area contributed by atoms with Crippen molar-refractivity contribution in [1.29, 1.82) is 0 Å². The SMILES string of the molecule is CC1(c2ccc([NH+]([O-])O)cc2)Nn2c(nnc2C(F)(F)F)S1. The molecule has 0 aliphatic carbocycles. The van der Waals surface area contributed by atoms with Crippen molar-refractivity contribution in [3.63, 3.8) is 0 Å². The van der Waals surface area contributed by atoms with Gasteiger partial charge >= 0.3 is 6.18 Å². The summed E-state index contributed by atoms with van der Waals surface area (Å²) in [5.41, 5.74) is 3.45. The molecule has 1 aliphatic heterocycles. The molecular formula is C11H10F3N5O2S. The predicted molar refractivity (Wildman–Crippen MR) is 69.8 cm³/mol. The Labute approximate surface area is 126 Å². The molecule has 0 spiro atoms. The van der Waals surface area contributed by atoms with Crippen LogP contribution in [0.25, 0.3) is 0 Å². The molecule has 11 heteroatoms. The lowest BCUT2D eigenvalue weighted by molar-refractivity contribution is -0.991. The van der Waals surface area contributed by atoms with Gasteiger partial charge < -0.3 is 10.6 Å². The molecule has 2 aromatic rings. The second kappa shape index (κ2) is 4.84. The van der Waals surface area contributed by atoms with Crippen molar-refractivity contribution in [3.05, 3.63) is 40.9 Å². The standard InChI is InChI=1S/C11H10F3N5O2S/c1-10(6-2-4-7(5-3-6)19(20)21)17-18-8(11(12,13)14)15-16-9(18)22-10/h2-5,17,19-20H,1H3. The molecule has 118 valence electrons. The molecule has 0 bridgehead atoms. The minimum atomic E-state index is -4.61. The Balaban J connectivity index is 1.92. The van der Waals surface area contributed by atoms with Crippen LogP contribution in [0.4, 0.5) is 18.9 Å². The second-order valence-corrected chi connectivity index (χ2v) is 6.15. The van der Waals surface area contributed by atoms with Gasteiger partial charge in [0.25, 0.3) is 5.82 Å². The molecule has 0 fully saturated rings. The Bertz CT molecular complexity index is 703. The lowest BCUT2D eigenvalue weighted by Gasteiger charge is -2.25. The summed E-state index contributed by atoms with van der Waals surface area (Å²) in [5.74, 6) is -1.12. The van der Waals surface area contributed by atoms with E-state index in [1.807, 2.05) is 0 Å². The number of rotatable bonds is 2. The summed E-state index contributed by atoms with van der Waals surface area (Å²) in [7, 11) is 0. The molecule has 1 aromatic carbocycles. The Morgan fingerprint density at radius 1 is 1.32 bits per heavy atom. The molecule has 2 unspecified atom stereocenters. The summed E-state index contributed by atoms with van der Waals surface area (Å²) in [6.45, 7) is 1.68. The van der Waals surface area contributed by atoms with Gasteiger partial charge in [0.15, 0.2) is 5.69 Å². The second-order valence-electron chi connectivity index (χ2n) is 4.77. The van der Waals surface area contributed by atoms with E-state index in [0.717, 1.165) is 16.4 Å². The summed E-state index contributed by atoms with van der Waals surface area (Å²) >= 11 is 1.07. The van der Waals surface area contributed by atoms with E-state index >= 15 is 0 Å². The molecule has 3 N–H and O–H groups in total. The Morgan fingerprint density at radius 2 is 1.95 bits per heavy atom. The van der Waals surface area contributed by atoms with Crippen LogP contribution in [0.3, 0.4) is 0 Å². The summed E-state index contributed by atoms with van der Waals surface area (Å²) < 4.78 is 39.3. The van der Waals surface area contributed by atoms with Crippen LogP contribution in [-0.2, 0) is 11.0 Å². The third kappa shape index (κ3) is 2.41. The normalized spacial score (nSPS) is 22.3. The van der Waals surface area contributed by atoms with Crippen LogP contribution in [-0.4, -0.2) is 20.1 Å². The van der Waals surface area contributed by atoms with Gasteiger partial charge in [0.1, 0.15) is 4.87 Å². The first-order valence-corrected chi connectivity index (χ1v) is 6.86. The molecule has 2 atom stereocenters. The highest BCUT2D eigenvalue weighted by Crippen LogP contribution is 2.45. The zero-order valence-corrected chi connectivity index (χ0v) is 11.9. The zero-order valence-electron chi connectivity index (χ0n) is 11.0. The number of halogens is 3. The highest BCUT2D eigenvalue weighted by molar-refractivity contribution is 8.00. The maximum atomic E-state index is 12.8. The maximum Gasteiger partial charge on any atom is 0.453 e. The van der Waals surface area contributed by atoms with Crippen LogP contribution in [0, 0.1) is 5.21 Å². The van der Waals surface area contributed by atoms with E-state index in [2.05, 4.69) is 15.6 Å². The van der Waals surface area contributed by atoms with Crippen molar-refractivity contribution in [2.75, 3.05) is 5.43 Å². The summed E-state index contributed by atoms with van der Waals surface area (Å²) in [5, 5.41) is 25.4. The van der Waals surface area contributed by atoms with Crippen molar-refractivity contribution in [1.82, 2.24) is 14.9 Å². The minimum absolute atomic E-state index is 0.0946. The van der Waals surface area contributed by atoms with E-state index in [1.165, 1.54) is 12.1 Å². The van der Waals surface area contributed by atoms with E-state index in [0.29, 0.717) is 5.56 Å². The summed E-state index contributed by atoms with van der Waals surface area (Å²) in [6, 6.07) is 5.90. The molecule has 0 saturated heterocycles. The van der Waals surface area contributed by atoms with Gasteiger partial charge in [-0.2, -0.15) is 18.4 Å². The first-order chi connectivity index (χ1) is 10.2. The van der Waals surface area contributed by atoms with Crippen LogP contribution in [0.1, 0.15) is 18.3 Å². The quantitative estimate of drug-likeness (QED) is 0.716. The van der Waals surface area contributed by atoms with Gasteiger partial charge in [-0.15, -0.1) is 10.2 Å². The number of nitrogens with one attached hydrogen (secondary N) is 2. The van der Waals surface area contributed by atoms with Gasteiger partial charge in [-0.25, -0.2) is 9.88 Å². The van der Waals surface area contributed by atoms with E-state index < -0.39 is 22.1 Å². The molecule has 1 aromatic heterocycles. The molecule has 22 heavy (non-hydrogen) atoms. The number of fused-ring (bicyclic) bond motifs is 1. The minimum Gasteiger partial charge on any atom is -0.595 e. The maximum absolute atomic E-state index is 12.8. The van der Waals surface area contributed by atoms with Crippen LogP contribution in [0.15, 0.2) is 29.4 Å². The number of nitrogens with zero attached hydrogens (tertiary/aromatic N) is 3. The average Bonchev–Trinajstić information content (AvgIpc) is 2.94. The van der Waals surface area contributed by atoms with Gasteiger partial charge in [0, 0.05) is 12.1 Å². The van der Waals surface area contributed by atoms with E-state index in [4.69, 9.17) is 5.21 Å². The highest BCUT2D eigenvalue weighted by Gasteiger charge is 2.45. The number of benzene rings is 1. The van der Waals surface area contributed by atoms with Crippen LogP contribution in [0.5, 0.6) is 0 Å². The third-order valence-corrected chi connectivity index (χ3v) is 4.37. The number of quaternary nitrogens is 1. The van der Waals surface area contributed by atoms with Crippen molar-refractivity contribution in [2.24, 2.45) is 0 Å². The lowest BCUT2D eigenvalue weighted by Crippen LogP contribution is -2.99. The number of thioether (sulfide) groups is 1. The Kier molecular flexibility index (Phi) is 3.32. The van der Waals surface area contributed by atoms with Crippen molar-refractivity contribution in [2.45, 2.75) is 23.1 Å². The third-order valence-electron chi connectivity index (χ3n) is 3.19. The number of hydrogen-bond acceptors (Lipinski definition) is 6. The van der Waals surface area contributed by atoms with Crippen LogP contribution < -0.4 is 10.7 Å². The molecule has 3 rings (SSSR count). The number of aromatic nitrogens is 3. The van der Waals surface area contributed by atoms with Crippen LogP contribution >= 0.6 is 11.8 Å². The molecule has 0 saturated carbocycles. The number of alkyl halides is 3. The fraction of sp³-hybridized carbons (Fsp3) is 0.273. The van der Waals surface area contributed by atoms with Crippen molar-refractivity contribution >= 4 is 17.4 Å². The predicted octanol–water partition coefficient (Wildman–Crippen LogP) is 1.22. The molecule has 1 aliphatic rings. The van der Waals surface area contributed by atoms with Gasteiger partial charge in [-0.3, -0.25) is 0 Å². The first-order valence-electron chi connectivity index (χ1n) is 6.04. The Hall–Kier alpha value is -1.82. The fourth-order valence-electron chi connectivity index (χ4n) is 2.09. The average molecular weight is 333 g/mol. The van der Waals surface area contributed by atoms with Gasteiger partial charge in [-0.1, -0.05) is 11.8 Å². The smallest absolute Gasteiger partial charge is 0.453 e. The summed E-state index contributed by atoms with van der Waals surface area (Å²) in [4.78, 5) is -0.900. The van der Waals surface area contributed by atoms with Crippen molar-refractivity contribution < 1.29 is 23.6 Å². The molecular weight excluding hydrogens is 323 g/mol. The topological polar surface area (TPSA) is 90.5 Å². The molecule has 7 nitrogen and oxygen atoms in total. The largest absolute Gasteiger partial charge is 0.595 e. The van der Waals surface area contributed by atoms with Gasteiger partial charge in [0.05, 0.1) is 0 Å². The van der Waals surface area contributed by atoms with Gasteiger partial charge in [-0.05, 0) is 24.6 Å². The first kappa shape index (κ1) is 15.1. The molecule has 0 radical (unpaired) electrons. The zero-order chi connectivity index (χ0) is 16.1. The molecule has 0 amide bonds. The Morgan fingerprint density at radius 3 is 2.50 bits per heavy atom. The fourth-order valence-corrected chi connectivity index (χ4v) is 3.15. The molecule has 2 heterocycles. The lowest BCUT2D eigenvalue weighted by atomic mass is 10.1. The van der Waals surface area contributed by atoms with Gasteiger partial charge in [0.2, 0.25) is 5.16 Å². The van der Waals surface area contributed by atoms with E-state index in [1.54, 1.807) is 19.1 Å². The monoisotopic (exact) mass is 333 g/mol. The van der Waals surface area contributed by atoms with E-state index in [-0.39, 0.29) is 10.8 Å². The number of hydrogen-bond donors (Lipinski definition) is 3. The summed E-state index contributed by atoms with van der Waals surface area (Å²) in [6.07, 6.45) is -4.61. The van der Waals surface area contributed by atoms with Crippen LogP contribution in [0.2, 0.25) is 0 Å².